The summed E-state index contributed by atoms with van der Waals surface area (Å²) in [5, 5.41) is 3.56. The number of aromatic nitrogens is 1. The van der Waals surface area contributed by atoms with Crippen LogP contribution in [0.2, 0.25) is 0 Å². The van der Waals surface area contributed by atoms with Crippen molar-refractivity contribution in [2.24, 2.45) is 0 Å². The SMILES string of the molecule is Cc1ccc(-n2cccc2CNC2CC2)cc1. The maximum atomic E-state index is 3.56. The van der Waals surface area contributed by atoms with E-state index in [1.165, 1.54) is 29.8 Å². The summed E-state index contributed by atoms with van der Waals surface area (Å²) in [5.41, 5.74) is 3.88. The maximum Gasteiger partial charge on any atom is 0.0453 e. The number of nitrogens with zero attached hydrogens (tertiary/aromatic N) is 1. The Balaban J connectivity index is 1.81. The second kappa shape index (κ2) is 4.38. The van der Waals surface area contributed by atoms with Gasteiger partial charge in [-0.1, -0.05) is 17.7 Å². The molecule has 0 spiro atoms. The molecule has 1 aliphatic carbocycles. The van der Waals surface area contributed by atoms with E-state index in [0.29, 0.717) is 0 Å². The van der Waals surface area contributed by atoms with Crippen LogP contribution in [0.4, 0.5) is 0 Å². The van der Waals surface area contributed by atoms with Gasteiger partial charge in [-0.05, 0) is 44.0 Å². The van der Waals surface area contributed by atoms with Gasteiger partial charge in [-0.25, -0.2) is 0 Å². The predicted molar refractivity (Wildman–Crippen MR) is 70.4 cm³/mol. The molecule has 0 aliphatic heterocycles. The largest absolute Gasteiger partial charge is 0.320 e. The van der Waals surface area contributed by atoms with Gasteiger partial charge >= 0.3 is 0 Å². The molecule has 0 unspecified atom stereocenters. The minimum absolute atomic E-state index is 0.761. The van der Waals surface area contributed by atoms with E-state index in [4.69, 9.17) is 0 Å². The fraction of sp³-hybridized carbons (Fsp3) is 0.333. The van der Waals surface area contributed by atoms with Crippen LogP contribution in [-0.2, 0) is 6.54 Å². The fourth-order valence-corrected chi connectivity index (χ4v) is 2.05. The maximum absolute atomic E-state index is 3.56. The molecule has 2 nitrogen and oxygen atoms in total. The van der Waals surface area contributed by atoms with Crippen molar-refractivity contribution >= 4 is 0 Å². The molecule has 1 aromatic heterocycles. The number of hydrogen-bond acceptors (Lipinski definition) is 1. The van der Waals surface area contributed by atoms with Crippen LogP contribution in [0.25, 0.3) is 5.69 Å². The van der Waals surface area contributed by atoms with Crippen molar-refractivity contribution in [1.82, 2.24) is 9.88 Å². The topological polar surface area (TPSA) is 17.0 Å². The van der Waals surface area contributed by atoms with Crippen molar-refractivity contribution in [3.8, 4) is 5.69 Å². The zero-order chi connectivity index (χ0) is 11.7. The van der Waals surface area contributed by atoms with Crippen molar-refractivity contribution in [1.29, 1.82) is 0 Å². The summed E-state index contributed by atoms with van der Waals surface area (Å²) in [6.45, 7) is 3.08. The molecular weight excluding hydrogens is 208 g/mol. The number of benzene rings is 1. The Labute approximate surface area is 102 Å². The van der Waals surface area contributed by atoms with E-state index in [1.807, 2.05) is 0 Å². The average Bonchev–Trinajstić information content (AvgIpc) is 3.06. The van der Waals surface area contributed by atoms with E-state index in [2.05, 4.69) is 59.4 Å². The minimum Gasteiger partial charge on any atom is -0.320 e. The minimum atomic E-state index is 0.761. The van der Waals surface area contributed by atoms with Gasteiger partial charge in [-0.15, -0.1) is 0 Å². The van der Waals surface area contributed by atoms with E-state index >= 15 is 0 Å². The number of nitrogens with one attached hydrogen (secondary N) is 1. The fourth-order valence-electron chi connectivity index (χ4n) is 2.05. The molecule has 17 heavy (non-hydrogen) atoms. The van der Waals surface area contributed by atoms with Crippen LogP contribution in [0, 0.1) is 6.92 Å². The van der Waals surface area contributed by atoms with Crippen LogP contribution in [-0.4, -0.2) is 10.6 Å². The monoisotopic (exact) mass is 226 g/mol. The van der Waals surface area contributed by atoms with Crippen molar-refractivity contribution in [3.05, 3.63) is 53.9 Å². The van der Waals surface area contributed by atoms with Crippen LogP contribution >= 0.6 is 0 Å². The van der Waals surface area contributed by atoms with Crippen molar-refractivity contribution in [2.75, 3.05) is 0 Å². The van der Waals surface area contributed by atoms with Crippen LogP contribution in [0.3, 0.4) is 0 Å². The molecule has 88 valence electrons. The van der Waals surface area contributed by atoms with Crippen molar-refractivity contribution < 1.29 is 0 Å². The molecule has 0 radical (unpaired) electrons. The lowest BCUT2D eigenvalue weighted by Crippen LogP contribution is -2.17. The van der Waals surface area contributed by atoms with Gasteiger partial charge < -0.3 is 9.88 Å². The third-order valence-corrected chi connectivity index (χ3v) is 3.29. The summed E-state index contributed by atoms with van der Waals surface area (Å²) in [4.78, 5) is 0. The zero-order valence-corrected chi connectivity index (χ0v) is 10.2. The van der Waals surface area contributed by atoms with Gasteiger partial charge in [0.15, 0.2) is 0 Å². The first-order valence-corrected chi connectivity index (χ1v) is 6.29. The molecule has 2 aromatic rings. The van der Waals surface area contributed by atoms with Crippen molar-refractivity contribution in [3.63, 3.8) is 0 Å². The zero-order valence-electron chi connectivity index (χ0n) is 10.2. The van der Waals surface area contributed by atoms with Gasteiger partial charge in [0, 0.05) is 30.2 Å². The van der Waals surface area contributed by atoms with Crippen LogP contribution < -0.4 is 5.32 Å². The highest BCUT2D eigenvalue weighted by Crippen LogP contribution is 2.20. The summed E-state index contributed by atoms with van der Waals surface area (Å²) in [5.74, 6) is 0. The second-order valence-corrected chi connectivity index (χ2v) is 4.86. The van der Waals surface area contributed by atoms with Crippen molar-refractivity contribution in [2.45, 2.75) is 32.4 Å². The molecule has 2 heteroatoms. The molecule has 0 bridgehead atoms. The van der Waals surface area contributed by atoms with Crippen LogP contribution in [0.15, 0.2) is 42.6 Å². The Hall–Kier alpha value is -1.54. The Morgan fingerprint density at radius 2 is 1.94 bits per heavy atom. The number of aryl methyl sites for hydroxylation is 1. The molecule has 1 aromatic carbocycles. The second-order valence-electron chi connectivity index (χ2n) is 4.86. The van der Waals surface area contributed by atoms with Gasteiger partial charge in [-0.2, -0.15) is 0 Å². The Bertz CT molecular complexity index is 492. The Kier molecular flexibility index (Phi) is 2.73. The first kappa shape index (κ1) is 10.6. The molecule has 1 saturated carbocycles. The Morgan fingerprint density at radius 3 is 2.65 bits per heavy atom. The molecule has 1 fully saturated rings. The molecule has 0 saturated heterocycles. The third kappa shape index (κ3) is 2.42. The molecule has 1 heterocycles. The summed E-state index contributed by atoms with van der Waals surface area (Å²) in [6, 6.07) is 13.7. The lowest BCUT2D eigenvalue weighted by atomic mass is 10.2. The summed E-state index contributed by atoms with van der Waals surface area (Å²) in [7, 11) is 0. The van der Waals surface area contributed by atoms with Crippen LogP contribution in [0.5, 0.6) is 0 Å². The van der Waals surface area contributed by atoms with Crippen LogP contribution in [0.1, 0.15) is 24.1 Å². The summed E-state index contributed by atoms with van der Waals surface area (Å²) >= 11 is 0. The molecule has 3 rings (SSSR count). The van der Waals surface area contributed by atoms with Gasteiger partial charge in [-0.3, -0.25) is 0 Å². The first-order valence-electron chi connectivity index (χ1n) is 6.29. The lowest BCUT2D eigenvalue weighted by molar-refractivity contribution is 0.665. The summed E-state index contributed by atoms with van der Waals surface area (Å²) in [6.07, 6.45) is 4.81. The average molecular weight is 226 g/mol. The van der Waals surface area contributed by atoms with E-state index in [0.717, 1.165) is 12.6 Å². The molecule has 0 amide bonds. The normalized spacial score (nSPS) is 15.1. The lowest BCUT2D eigenvalue weighted by Gasteiger charge is -2.10. The smallest absolute Gasteiger partial charge is 0.0453 e. The van der Waals surface area contributed by atoms with Gasteiger partial charge in [0.25, 0.3) is 0 Å². The standard InChI is InChI=1S/C15H18N2/c1-12-4-8-14(9-5-12)17-10-2-3-15(17)11-16-13-6-7-13/h2-5,8-10,13,16H,6-7,11H2,1H3. The highest BCUT2D eigenvalue weighted by molar-refractivity contribution is 5.37. The molecule has 1 aliphatic rings. The van der Waals surface area contributed by atoms with E-state index in [9.17, 15) is 0 Å². The highest BCUT2D eigenvalue weighted by atomic mass is 15.0. The van der Waals surface area contributed by atoms with Gasteiger partial charge in [0.2, 0.25) is 0 Å². The van der Waals surface area contributed by atoms with Gasteiger partial charge in [0.1, 0.15) is 0 Å². The van der Waals surface area contributed by atoms with E-state index < -0.39 is 0 Å². The first-order chi connectivity index (χ1) is 8.33. The van der Waals surface area contributed by atoms with E-state index in [1.54, 1.807) is 0 Å². The Morgan fingerprint density at radius 1 is 1.18 bits per heavy atom. The number of hydrogen-bond donors (Lipinski definition) is 1. The quantitative estimate of drug-likeness (QED) is 0.848. The molecule has 1 N–H and O–H groups in total. The molecular formula is C15H18N2. The summed E-state index contributed by atoms with van der Waals surface area (Å²) < 4.78 is 2.26. The highest BCUT2D eigenvalue weighted by Gasteiger charge is 2.20. The van der Waals surface area contributed by atoms with E-state index in [-0.39, 0.29) is 0 Å². The third-order valence-electron chi connectivity index (χ3n) is 3.29. The van der Waals surface area contributed by atoms with Gasteiger partial charge in [0.05, 0.1) is 0 Å². The molecule has 0 atom stereocenters. The predicted octanol–water partition coefficient (Wildman–Crippen LogP) is 3.04. The number of rotatable bonds is 4.